The van der Waals surface area contributed by atoms with E-state index in [0.29, 0.717) is 6.54 Å². The minimum absolute atomic E-state index is 0.104. The van der Waals surface area contributed by atoms with Crippen LogP contribution in [-0.4, -0.2) is 55.5 Å². The minimum Gasteiger partial charge on any atom is -0.358 e. The predicted octanol–water partition coefficient (Wildman–Crippen LogP) is 0.859. The van der Waals surface area contributed by atoms with Crippen molar-refractivity contribution >= 4 is 5.91 Å². The Balaban J connectivity index is 1.79. The summed E-state index contributed by atoms with van der Waals surface area (Å²) in [6.45, 7) is 7.67. The van der Waals surface area contributed by atoms with Crippen LogP contribution in [0.25, 0.3) is 0 Å². The average molecular weight is 261 g/mol. The van der Waals surface area contributed by atoms with E-state index in [1.165, 1.54) is 11.1 Å². The van der Waals surface area contributed by atoms with Gasteiger partial charge in [-0.3, -0.25) is 14.6 Å². The van der Waals surface area contributed by atoms with Gasteiger partial charge in [0.2, 0.25) is 5.91 Å². The molecule has 1 aliphatic heterocycles. The third kappa shape index (κ3) is 4.33. The van der Waals surface area contributed by atoms with Gasteiger partial charge in [-0.1, -0.05) is 29.8 Å². The predicted molar refractivity (Wildman–Crippen MR) is 77.0 cm³/mol. The van der Waals surface area contributed by atoms with Gasteiger partial charge in [-0.25, -0.2) is 0 Å². The van der Waals surface area contributed by atoms with Gasteiger partial charge in [-0.05, 0) is 12.5 Å². The SMILES string of the molecule is CNC(=O)CN1CCN(Cc2cccc(C)c2)CC1. The summed E-state index contributed by atoms with van der Waals surface area (Å²) in [7, 11) is 1.69. The summed E-state index contributed by atoms with van der Waals surface area (Å²) < 4.78 is 0. The zero-order valence-corrected chi connectivity index (χ0v) is 11.9. The summed E-state index contributed by atoms with van der Waals surface area (Å²) >= 11 is 0. The molecular weight excluding hydrogens is 238 g/mol. The Kier molecular flexibility index (Phi) is 4.93. The van der Waals surface area contributed by atoms with Gasteiger partial charge in [0.25, 0.3) is 0 Å². The van der Waals surface area contributed by atoms with Crippen molar-refractivity contribution < 1.29 is 4.79 Å². The molecule has 2 rings (SSSR count). The fourth-order valence-corrected chi connectivity index (χ4v) is 2.46. The van der Waals surface area contributed by atoms with Crippen molar-refractivity contribution in [2.75, 3.05) is 39.8 Å². The van der Waals surface area contributed by atoms with E-state index in [1.54, 1.807) is 7.05 Å². The molecule has 0 spiro atoms. The van der Waals surface area contributed by atoms with Gasteiger partial charge in [0, 0.05) is 39.8 Å². The fraction of sp³-hybridized carbons (Fsp3) is 0.533. The van der Waals surface area contributed by atoms with Crippen LogP contribution in [0.4, 0.5) is 0 Å². The van der Waals surface area contributed by atoms with Gasteiger partial charge >= 0.3 is 0 Å². The van der Waals surface area contributed by atoms with Crippen LogP contribution in [0.2, 0.25) is 0 Å². The zero-order valence-electron chi connectivity index (χ0n) is 11.9. The molecule has 19 heavy (non-hydrogen) atoms. The van der Waals surface area contributed by atoms with E-state index in [1.807, 2.05) is 0 Å². The van der Waals surface area contributed by atoms with Gasteiger partial charge in [-0.15, -0.1) is 0 Å². The van der Waals surface area contributed by atoms with Crippen molar-refractivity contribution in [2.24, 2.45) is 0 Å². The third-order valence-electron chi connectivity index (χ3n) is 3.60. The van der Waals surface area contributed by atoms with Crippen molar-refractivity contribution in [1.82, 2.24) is 15.1 Å². The van der Waals surface area contributed by atoms with Crippen LogP contribution in [-0.2, 0) is 11.3 Å². The molecule has 1 aliphatic rings. The monoisotopic (exact) mass is 261 g/mol. The van der Waals surface area contributed by atoms with Crippen molar-refractivity contribution in [3.8, 4) is 0 Å². The Morgan fingerprint density at radius 3 is 2.53 bits per heavy atom. The van der Waals surface area contributed by atoms with Crippen LogP contribution in [0, 0.1) is 6.92 Å². The van der Waals surface area contributed by atoms with E-state index in [4.69, 9.17) is 0 Å². The van der Waals surface area contributed by atoms with Crippen molar-refractivity contribution in [3.63, 3.8) is 0 Å². The van der Waals surface area contributed by atoms with E-state index in [-0.39, 0.29) is 5.91 Å². The standard InChI is InChI=1S/C15H23N3O/c1-13-4-3-5-14(10-13)11-17-6-8-18(9-7-17)12-15(19)16-2/h3-5,10H,6-9,11-12H2,1-2H3,(H,16,19). The maximum Gasteiger partial charge on any atom is 0.233 e. The number of piperazine rings is 1. The lowest BCUT2D eigenvalue weighted by molar-refractivity contribution is -0.122. The van der Waals surface area contributed by atoms with E-state index < -0.39 is 0 Å². The summed E-state index contributed by atoms with van der Waals surface area (Å²) in [5.41, 5.74) is 2.69. The summed E-state index contributed by atoms with van der Waals surface area (Å²) in [4.78, 5) is 16.0. The Labute approximate surface area is 115 Å². The maximum absolute atomic E-state index is 11.3. The normalized spacial score (nSPS) is 17.4. The molecule has 0 saturated carbocycles. The molecule has 1 saturated heterocycles. The van der Waals surface area contributed by atoms with Gasteiger partial charge in [0.1, 0.15) is 0 Å². The molecule has 104 valence electrons. The Morgan fingerprint density at radius 1 is 1.21 bits per heavy atom. The first-order valence-corrected chi connectivity index (χ1v) is 6.88. The third-order valence-corrected chi connectivity index (χ3v) is 3.60. The maximum atomic E-state index is 11.3. The molecule has 1 aromatic rings. The molecule has 0 radical (unpaired) electrons. The molecule has 0 bridgehead atoms. The minimum atomic E-state index is 0.104. The molecule has 1 amide bonds. The number of nitrogens with zero attached hydrogens (tertiary/aromatic N) is 2. The molecule has 0 aromatic heterocycles. The van der Waals surface area contributed by atoms with Crippen molar-refractivity contribution in [1.29, 1.82) is 0 Å². The first-order valence-electron chi connectivity index (χ1n) is 6.88. The molecule has 0 atom stereocenters. The van der Waals surface area contributed by atoms with Crippen LogP contribution in [0.5, 0.6) is 0 Å². The summed E-state index contributed by atoms with van der Waals surface area (Å²) in [5, 5.41) is 2.68. The van der Waals surface area contributed by atoms with Crippen LogP contribution in [0.3, 0.4) is 0 Å². The molecule has 1 fully saturated rings. The lowest BCUT2D eigenvalue weighted by Crippen LogP contribution is -2.48. The van der Waals surface area contributed by atoms with Gasteiger partial charge in [0.05, 0.1) is 6.54 Å². The number of hydrogen-bond donors (Lipinski definition) is 1. The highest BCUT2D eigenvalue weighted by Gasteiger charge is 2.18. The average Bonchev–Trinajstić information content (AvgIpc) is 2.41. The zero-order chi connectivity index (χ0) is 13.7. The quantitative estimate of drug-likeness (QED) is 0.873. The van der Waals surface area contributed by atoms with E-state index in [9.17, 15) is 4.79 Å². The number of carbonyl (C=O) groups excluding carboxylic acids is 1. The Hall–Kier alpha value is -1.39. The van der Waals surface area contributed by atoms with E-state index >= 15 is 0 Å². The second-order valence-corrected chi connectivity index (χ2v) is 5.21. The molecule has 1 N–H and O–H groups in total. The van der Waals surface area contributed by atoms with Gasteiger partial charge in [0.15, 0.2) is 0 Å². The summed E-state index contributed by atoms with van der Waals surface area (Å²) in [5.74, 6) is 0.104. The number of likely N-dealkylation sites (N-methyl/N-ethyl adjacent to an activating group) is 1. The summed E-state index contributed by atoms with van der Waals surface area (Å²) in [6, 6.07) is 8.68. The molecule has 0 aliphatic carbocycles. The molecule has 4 heteroatoms. The van der Waals surface area contributed by atoms with E-state index in [2.05, 4.69) is 46.3 Å². The topological polar surface area (TPSA) is 35.6 Å². The second-order valence-electron chi connectivity index (χ2n) is 5.21. The van der Waals surface area contributed by atoms with E-state index in [0.717, 1.165) is 32.7 Å². The first kappa shape index (κ1) is 14.0. The van der Waals surface area contributed by atoms with Crippen LogP contribution in [0.15, 0.2) is 24.3 Å². The first-order chi connectivity index (χ1) is 9.17. The fourth-order valence-electron chi connectivity index (χ4n) is 2.46. The van der Waals surface area contributed by atoms with Gasteiger partial charge in [-0.2, -0.15) is 0 Å². The number of aryl methyl sites for hydroxylation is 1. The molecule has 1 heterocycles. The van der Waals surface area contributed by atoms with Crippen molar-refractivity contribution in [2.45, 2.75) is 13.5 Å². The van der Waals surface area contributed by atoms with Crippen LogP contribution >= 0.6 is 0 Å². The number of nitrogens with one attached hydrogen (secondary N) is 1. The Bertz CT molecular complexity index is 425. The number of rotatable bonds is 4. The number of hydrogen-bond acceptors (Lipinski definition) is 3. The number of benzene rings is 1. The smallest absolute Gasteiger partial charge is 0.233 e. The molecular formula is C15H23N3O. The molecule has 0 unspecified atom stereocenters. The second kappa shape index (κ2) is 6.68. The number of amides is 1. The number of carbonyl (C=O) groups is 1. The highest BCUT2D eigenvalue weighted by Crippen LogP contribution is 2.10. The molecule has 4 nitrogen and oxygen atoms in total. The highest BCUT2D eigenvalue weighted by molar-refractivity contribution is 5.77. The largest absolute Gasteiger partial charge is 0.358 e. The van der Waals surface area contributed by atoms with Crippen LogP contribution in [0.1, 0.15) is 11.1 Å². The van der Waals surface area contributed by atoms with Crippen molar-refractivity contribution in [3.05, 3.63) is 35.4 Å². The molecule has 1 aromatic carbocycles. The van der Waals surface area contributed by atoms with Gasteiger partial charge < -0.3 is 5.32 Å². The lowest BCUT2D eigenvalue weighted by Gasteiger charge is -2.34. The Morgan fingerprint density at radius 2 is 1.89 bits per heavy atom. The highest BCUT2D eigenvalue weighted by atomic mass is 16.1. The van der Waals surface area contributed by atoms with Crippen LogP contribution < -0.4 is 5.32 Å². The summed E-state index contributed by atoms with van der Waals surface area (Å²) in [6.07, 6.45) is 0. The lowest BCUT2D eigenvalue weighted by atomic mass is 10.1.